The van der Waals surface area contributed by atoms with Gasteiger partial charge in [-0.1, -0.05) is 43.7 Å². The first-order chi connectivity index (χ1) is 11.5. The van der Waals surface area contributed by atoms with Gasteiger partial charge in [-0.3, -0.25) is 4.90 Å². The summed E-state index contributed by atoms with van der Waals surface area (Å²) in [6.45, 7) is 10.6. The van der Waals surface area contributed by atoms with Gasteiger partial charge < -0.3 is 14.6 Å². The maximum atomic E-state index is 10.3. The highest BCUT2D eigenvalue weighted by Crippen LogP contribution is 2.16. The van der Waals surface area contributed by atoms with Gasteiger partial charge in [-0.2, -0.15) is 0 Å². The molecule has 0 amide bonds. The van der Waals surface area contributed by atoms with Crippen molar-refractivity contribution in [3.63, 3.8) is 0 Å². The van der Waals surface area contributed by atoms with Crippen LogP contribution in [0.2, 0.25) is 0 Å². The summed E-state index contributed by atoms with van der Waals surface area (Å²) in [4.78, 5) is 2.30. The Bertz CT molecular complexity index is 454. The molecule has 1 fully saturated rings. The van der Waals surface area contributed by atoms with Gasteiger partial charge in [-0.25, -0.2) is 0 Å². The number of nitrogens with zero attached hydrogens (tertiary/aromatic N) is 1. The topological polar surface area (TPSA) is 41.9 Å². The third-order valence-corrected chi connectivity index (χ3v) is 4.24. The van der Waals surface area contributed by atoms with Crippen LogP contribution >= 0.6 is 0 Å². The standard InChI is InChI=1S/C20H33NO3/c1-16(2)14-23-15-19(22)12-21(13-20-5-4-10-24-20)11-18-8-6-17(3)7-9-18/h6-9,16,19-20,22H,4-5,10-15H2,1-3H3/t19-,20-/m0/s1. The zero-order chi connectivity index (χ0) is 17.4. The molecule has 2 rings (SSSR count). The number of aliphatic hydroxyl groups is 1. The van der Waals surface area contributed by atoms with E-state index in [0.717, 1.165) is 32.5 Å². The Morgan fingerprint density at radius 1 is 1.25 bits per heavy atom. The summed E-state index contributed by atoms with van der Waals surface area (Å²) in [5.41, 5.74) is 2.54. The minimum absolute atomic E-state index is 0.291. The van der Waals surface area contributed by atoms with Crippen LogP contribution in [0.1, 0.15) is 37.8 Å². The molecule has 1 saturated heterocycles. The van der Waals surface area contributed by atoms with Gasteiger partial charge in [0.25, 0.3) is 0 Å². The Kier molecular flexibility index (Phi) is 8.19. The highest BCUT2D eigenvalue weighted by Gasteiger charge is 2.21. The van der Waals surface area contributed by atoms with Gasteiger partial charge in [0, 0.05) is 32.8 Å². The lowest BCUT2D eigenvalue weighted by molar-refractivity contribution is -0.00390. The zero-order valence-electron chi connectivity index (χ0n) is 15.4. The molecule has 0 bridgehead atoms. The molecular weight excluding hydrogens is 302 g/mol. The summed E-state index contributed by atoms with van der Waals surface area (Å²) < 4.78 is 11.4. The van der Waals surface area contributed by atoms with Crippen molar-refractivity contribution in [3.05, 3.63) is 35.4 Å². The molecule has 0 unspecified atom stereocenters. The van der Waals surface area contributed by atoms with Gasteiger partial charge in [0.2, 0.25) is 0 Å². The highest BCUT2D eigenvalue weighted by atomic mass is 16.5. The number of aliphatic hydroxyl groups excluding tert-OH is 1. The maximum absolute atomic E-state index is 10.3. The van der Waals surface area contributed by atoms with Crippen molar-refractivity contribution in [1.82, 2.24) is 4.90 Å². The van der Waals surface area contributed by atoms with Crippen LogP contribution in [0.3, 0.4) is 0 Å². The highest BCUT2D eigenvalue weighted by molar-refractivity contribution is 5.21. The van der Waals surface area contributed by atoms with Gasteiger partial charge in [0.15, 0.2) is 0 Å². The van der Waals surface area contributed by atoms with Crippen LogP contribution in [-0.2, 0) is 16.0 Å². The van der Waals surface area contributed by atoms with Crippen molar-refractivity contribution in [1.29, 1.82) is 0 Å². The molecule has 1 aromatic rings. The molecule has 0 aromatic heterocycles. The van der Waals surface area contributed by atoms with E-state index in [9.17, 15) is 5.11 Å². The van der Waals surface area contributed by atoms with Gasteiger partial charge >= 0.3 is 0 Å². The quantitative estimate of drug-likeness (QED) is 0.714. The summed E-state index contributed by atoms with van der Waals surface area (Å²) in [6.07, 6.45) is 2.09. The van der Waals surface area contributed by atoms with E-state index >= 15 is 0 Å². The molecule has 0 spiro atoms. The molecule has 4 nitrogen and oxygen atoms in total. The molecule has 4 heteroatoms. The molecular formula is C20H33NO3. The molecule has 136 valence electrons. The van der Waals surface area contributed by atoms with Crippen molar-refractivity contribution >= 4 is 0 Å². The molecule has 1 aliphatic heterocycles. The second kappa shape index (κ2) is 10.1. The van der Waals surface area contributed by atoms with E-state index in [1.54, 1.807) is 0 Å². The van der Waals surface area contributed by atoms with Crippen LogP contribution in [0.5, 0.6) is 0 Å². The molecule has 1 aliphatic rings. The van der Waals surface area contributed by atoms with Crippen LogP contribution in [0.4, 0.5) is 0 Å². The van der Waals surface area contributed by atoms with Crippen LogP contribution in [0.15, 0.2) is 24.3 Å². The van der Waals surface area contributed by atoms with Crippen molar-refractivity contribution in [2.45, 2.75) is 52.4 Å². The van der Waals surface area contributed by atoms with Crippen LogP contribution in [-0.4, -0.2) is 55.1 Å². The lowest BCUT2D eigenvalue weighted by atomic mass is 10.1. The monoisotopic (exact) mass is 335 g/mol. The minimum atomic E-state index is -0.462. The first-order valence-electron chi connectivity index (χ1n) is 9.18. The van der Waals surface area contributed by atoms with E-state index in [0.29, 0.717) is 31.8 Å². The molecule has 1 N–H and O–H groups in total. The summed E-state index contributed by atoms with van der Waals surface area (Å²) in [7, 11) is 0. The molecule has 0 saturated carbocycles. The first kappa shape index (κ1) is 19.4. The fraction of sp³-hybridized carbons (Fsp3) is 0.700. The van der Waals surface area contributed by atoms with E-state index in [1.165, 1.54) is 11.1 Å². The fourth-order valence-electron chi connectivity index (χ4n) is 3.02. The third kappa shape index (κ3) is 7.31. The molecule has 1 heterocycles. The number of rotatable bonds is 10. The summed E-state index contributed by atoms with van der Waals surface area (Å²) in [5, 5.41) is 10.3. The number of aryl methyl sites for hydroxylation is 1. The van der Waals surface area contributed by atoms with E-state index < -0.39 is 6.10 Å². The Hall–Kier alpha value is -0.940. The second-order valence-electron chi connectivity index (χ2n) is 7.40. The predicted molar refractivity (Wildman–Crippen MR) is 97.1 cm³/mol. The molecule has 0 aliphatic carbocycles. The molecule has 24 heavy (non-hydrogen) atoms. The fourth-order valence-corrected chi connectivity index (χ4v) is 3.02. The largest absolute Gasteiger partial charge is 0.389 e. The Morgan fingerprint density at radius 3 is 2.62 bits per heavy atom. The Morgan fingerprint density at radius 2 is 2.00 bits per heavy atom. The summed E-state index contributed by atoms with van der Waals surface area (Å²) >= 11 is 0. The van der Waals surface area contributed by atoms with Gasteiger partial charge in [0.05, 0.1) is 18.8 Å². The second-order valence-corrected chi connectivity index (χ2v) is 7.40. The van der Waals surface area contributed by atoms with Crippen LogP contribution in [0.25, 0.3) is 0 Å². The normalized spacial score (nSPS) is 19.3. The third-order valence-electron chi connectivity index (χ3n) is 4.24. The molecule has 0 radical (unpaired) electrons. The number of hydrogen-bond donors (Lipinski definition) is 1. The average molecular weight is 335 g/mol. The SMILES string of the molecule is Cc1ccc(CN(C[C@H](O)COCC(C)C)C[C@@H]2CCCO2)cc1. The number of benzene rings is 1. The summed E-state index contributed by atoms with van der Waals surface area (Å²) in [6, 6.07) is 8.61. The smallest absolute Gasteiger partial charge is 0.0900 e. The van der Waals surface area contributed by atoms with Crippen molar-refractivity contribution in [3.8, 4) is 0 Å². The predicted octanol–water partition coefficient (Wildman–Crippen LogP) is 3.01. The van der Waals surface area contributed by atoms with Gasteiger partial charge in [0.1, 0.15) is 0 Å². The maximum Gasteiger partial charge on any atom is 0.0900 e. The van der Waals surface area contributed by atoms with Gasteiger partial charge in [-0.05, 0) is 31.2 Å². The Labute approximate surface area is 146 Å². The summed E-state index contributed by atoms with van der Waals surface area (Å²) in [5.74, 6) is 0.493. The van der Waals surface area contributed by atoms with Crippen molar-refractivity contribution in [2.24, 2.45) is 5.92 Å². The molecule has 1 aromatic carbocycles. The zero-order valence-corrected chi connectivity index (χ0v) is 15.4. The lowest BCUT2D eigenvalue weighted by Crippen LogP contribution is -2.39. The van der Waals surface area contributed by atoms with Gasteiger partial charge in [-0.15, -0.1) is 0 Å². The van der Waals surface area contributed by atoms with E-state index in [-0.39, 0.29) is 0 Å². The Balaban J connectivity index is 1.87. The van der Waals surface area contributed by atoms with E-state index in [2.05, 4.69) is 49.9 Å². The number of hydrogen-bond acceptors (Lipinski definition) is 4. The van der Waals surface area contributed by atoms with Crippen LogP contribution < -0.4 is 0 Å². The van der Waals surface area contributed by atoms with E-state index in [4.69, 9.17) is 9.47 Å². The lowest BCUT2D eigenvalue weighted by Gasteiger charge is -2.27. The molecule has 2 atom stereocenters. The minimum Gasteiger partial charge on any atom is -0.389 e. The first-order valence-corrected chi connectivity index (χ1v) is 9.18. The van der Waals surface area contributed by atoms with Crippen molar-refractivity contribution in [2.75, 3.05) is 32.9 Å². The average Bonchev–Trinajstić information content (AvgIpc) is 3.02. The van der Waals surface area contributed by atoms with Crippen molar-refractivity contribution < 1.29 is 14.6 Å². The number of ether oxygens (including phenoxy) is 2. The van der Waals surface area contributed by atoms with Crippen LogP contribution in [0, 0.1) is 12.8 Å². The van der Waals surface area contributed by atoms with E-state index in [1.807, 2.05) is 0 Å².